The van der Waals surface area contributed by atoms with Crippen LogP contribution in [-0.4, -0.2) is 16.3 Å². The molecule has 0 aliphatic rings. The van der Waals surface area contributed by atoms with E-state index in [0.717, 1.165) is 22.2 Å². The largest absolute Gasteiger partial charge is 0.295 e. The number of fused-ring (bicyclic) bond motifs is 1. The van der Waals surface area contributed by atoms with Gasteiger partial charge in [-0.1, -0.05) is 42.5 Å². The molecule has 21 heavy (non-hydrogen) atoms. The van der Waals surface area contributed by atoms with Crippen LogP contribution in [0.3, 0.4) is 0 Å². The fraction of sp³-hybridized carbons (Fsp3) is 0.111. The smallest absolute Gasteiger partial charge is 0.228 e. The summed E-state index contributed by atoms with van der Waals surface area (Å²) in [6, 6.07) is 17.1. The second kappa shape index (κ2) is 5.02. The lowest BCUT2D eigenvalue weighted by atomic mass is 10.1. The van der Waals surface area contributed by atoms with Crippen molar-refractivity contribution in [1.82, 2.24) is 4.57 Å². The molecule has 1 heterocycles. The highest BCUT2D eigenvalue weighted by Crippen LogP contribution is 2.28. The van der Waals surface area contributed by atoms with Gasteiger partial charge in [-0.25, -0.2) is 0 Å². The van der Waals surface area contributed by atoms with Crippen LogP contribution in [0.1, 0.15) is 29.0 Å². The van der Waals surface area contributed by atoms with Crippen molar-refractivity contribution in [1.29, 1.82) is 0 Å². The average molecular weight is 277 g/mol. The normalized spacial score (nSPS) is 10.8. The van der Waals surface area contributed by atoms with Gasteiger partial charge in [-0.15, -0.1) is 0 Å². The van der Waals surface area contributed by atoms with Crippen molar-refractivity contribution in [3.63, 3.8) is 0 Å². The Labute approximate surface area is 122 Å². The van der Waals surface area contributed by atoms with Crippen LogP contribution in [0.4, 0.5) is 0 Å². The number of carbonyl (C=O) groups is 2. The lowest BCUT2D eigenvalue weighted by Gasteiger charge is -2.07. The van der Waals surface area contributed by atoms with Crippen LogP contribution in [0, 0.1) is 0 Å². The van der Waals surface area contributed by atoms with Crippen LogP contribution < -0.4 is 0 Å². The monoisotopic (exact) mass is 277 g/mol. The van der Waals surface area contributed by atoms with Crippen LogP contribution in [0.5, 0.6) is 0 Å². The van der Waals surface area contributed by atoms with Gasteiger partial charge in [0.05, 0.1) is 11.2 Å². The number of aromatic nitrogens is 1. The van der Waals surface area contributed by atoms with Gasteiger partial charge < -0.3 is 0 Å². The third-order valence-corrected chi connectivity index (χ3v) is 3.61. The van der Waals surface area contributed by atoms with Crippen LogP contribution >= 0.6 is 0 Å². The standard InChI is InChI=1S/C18H15NO2/c1-12(20)14-7-9-15(10-8-14)18-11-16-5-3-4-6-17(16)19(18)13(2)21/h3-11H,1-2H3. The minimum Gasteiger partial charge on any atom is -0.295 e. The summed E-state index contributed by atoms with van der Waals surface area (Å²) in [4.78, 5) is 23.3. The van der Waals surface area contributed by atoms with Gasteiger partial charge in [0.15, 0.2) is 5.78 Å². The SMILES string of the molecule is CC(=O)c1ccc(-c2cc3ccccc3n2C(C)=O)cc1. The first-order chi connectivity index (χ1) is 10.1. The molecule has 0 saturated heterocycles. The van der Waals surface area contributed by atoms with Gasteiger partial charge in [-0.05, 0) is 24.6 Å². The maximum absolute atomic E-state index is 12.0. The first-order valence-corrected chi connectivity index (χ1v) is 6.81. The summed E-state index contributed by atoms with van der Waals surface area (Å²) in [5, 5.41) is 1.03. The number of hydrogen-bond donors (Lipinski definition) is 0. The number of nitrogens with zero attached hydrogens (tertiary/aromatic N) is 1. The maximum atomic E-state index is 12.0. The van der Waals surface area contributed by atoms with E-state index in [1.807, 2.05) is 42.5 Å². The lowest BCUT2D eigenvalue weighted by molar-refractivity contribution is 0.0942. The molecule has 0 spiro atoms. The van der Waals surface area contributed by atoms with Crippen molar-refractivity contribution >= 4 is 22.6 Å². The zero-order valence-electron chi connectivity index (χ0n) is 12.0. The number of benzene rings is 2. The van der Waals surface area contributed by atoms with E-state index in [9.17, 15) is 9.59 Å². The van der Waals surface area contributed by atoms with Crippen molar-refractivity contribution in [3.05, 3.63) is 60.2 Å². The second-order valence-electron chi connectivity index (χ2n) is 5.08. The fourth-order valence-corrected chi connectivity index (χ4v) is 2.58. The Hall–Kier alpha value is -2.68. The molecule has 3 nitrogen and oxygen atoms in total. The van der Waals surface area contributed by atoms with Crippen LogP contribution in [0.2, 0.25) is 0 Å². The Morgan fingerprint density at radius 1 is 0.905 bits per heavy atom. The molecule has 3 aromatic rings. The molecular formula is C18H15NO2. The summed E-state index contributed by atoms with van der Waals surface area (Å²) in [5.41, 5.74) is 3.34. The molecule has 0 atom stereocenters. The first kappa shape index (κ1) is 13.3. The quantitative estimate of drug-likeness (QED) is 0.659. The zero-order chi connectivity index (χ0) is 15.0. The van der Waals surface area contributed by atoms with Gasteiger partial charge in [0.1, 0.15) is 0 Å². The number of carbonyl (C=O) groups excluding carboxylic acids is 2. The van der Waals surface area contributed by atoms with Gasteiger partial charge in [0, 0.05) is 17.9 Å². The fourth-order valence-electron chi connectivity index (χ4n) is 2.58. The van der Waals surface area contributed by atoms with Gasteiger partial charge in [-0.2, -0.15) is 0 Å². The number of para-hydroxylation sites is 1. The number of rotatable bonds is 2. The van der Waals surface area contributed by atoms with Gasteiger partial charge in [0.25, 0.3) is 0 Å². The summed E-state index contributed by atoms with van der Waals surface area (Å²) < 4.78 is 1.71. The van der Waals surface area contributed by atoms with E-state index in [1.165, 1.54) is 0 Å². The number of ketones is 1. The van der Waals surface area contributed by atoms with Gasteiger partial charge in [-0.3, -0.25) is 14.2 Å². The molecular weight excluding hydrogens is 262 g/mol. The average Bonchev–Trinajstić information content (AvgIpc) is 2.86. The van der Waals surface area contributed by atoms with Crippen molar-refractivity contribution in [3.8, 4) is 11.3 Å². The van der Waals surface area contributed by atoms with Crippen molar-refractivity contribution in [2.75, 3.05) is 0 Å². The molecule has 0 unspecified atom stereocenters. The highest BCUT2D eigenvalue weighted by Gasteiger charge is 2.13. The Morgan fingerprint density at radius 3 is 2.19 bits per heavy atom. The molecule has 0 N–H and O–H groups in total. The molecule has 1 aromatic heterocycles. The highest BCUT2D eigenvalue weighted by molar-refractivity contribution is 5.98. The highest BCUT2D eigenvalue weighted by atomic mass is 16.1. The summed E-state index contributed by atoms with van der Waals surface area (Å²) >= 11 is 0. The zero-order valence-corrected chi connectivity index (χ0v) is 12.0. The molecule has 0 saturated carbocycles. The molecule has 104 valence electrons. The summed E-state index contributed by atoms with van der Waals surface area (Å²) in [5.74, 6) is 0.00973. The number of Topliss-reactive ketones (excluding diaryl/α,β-unsaturated/α-hetero) is 1. The Kier molecular flexibility index (Phi) is 3.18. The van der Waals surface area contributed by atoms with E-state index < -0.39 is 0 Å². The minimum atomic E-state index is -0.0261. The Balaban J connectivity index is 2.22. The van der Waals surface area contributed by atoms with Gasteiger partial charge in [0.2, 0.25) is 5.91 Å². The van der Waals surface area contributed by atoms with E-state index in [1.54, 1.807) is 30.5 Å². The van der Waals surface area contributed by atoms with Crippen molar-refractivity contribution in [2.24, 2.45) is 0 Å². The summed E-state index contributed by atoms with van der Waals surface area (Å²) in [6.45, 7) is 3.10. The first-order valence-electron chi connectivity index (χ1n) is 6.81. The van der Waals surface area contributed by atoms with Crippen molar-refractivity contribution < 1.29 is 9.59 Å². The molecule has 0 amide bonds. The number of hydrogen-bond acceptors (Lipinski definition) is 2. The molecule has 2 aromatic carbocycles. The maximum Gasteiger partial charge on any atom is 0.228 e. The van der Waals surface area contributed by atoms with Crippen molar-refractivity contribution in [2.45, 2.75) is 13.8 Å². The van der Waals surface area contributed by atoms with Gasteiger partial charge >= 0.3 is 0 Å². The Bertz CT molecular complexity index is 841. The minimum absolute atomic E-state index is 0.0261. The van der Waals surface area contributed by atoms with Crippen LogP contribution in [0.15, 0.2) is 54.6 Å². The lowest BCUT2D eigenvalue weighted by Crippen LogP contribution is -2.06. The van der Waals surface area contributed by atoms with Crippen LogP contribution in [-0.2, 0) is 0 Å². The predicted octanol–water partition coefficient (Wildman–Crippen LogP) is 4.17. The van der Waals surface area contributed by atoms with E-state index in [4.69, 9.17) is 0 Å². The van der Waals surface area contributed by atoms with E-state index in [2.05, 4.69) is 0 Å². The molecule has 0 aliphatic carbocycles. The summed E-state index contributed by atoms with van der Waals surface area (Å²) in [7, 11) is 0. The van der Waals surface area contributed by atoms with E-state index in [-0.39, 0.29) is 11.7 Å². The summed E-state index contributed by atoms with van der Waals surface area (Å²) in [6.07, 6.45) is 0. The molecule has 3 rings (SSSR count). The predicted molar refractivity (Wildman–Crippen MR) is 83.7 cm³/mol. The molecule has 0 radical (unpaired) electrons. The molecule has 0 aliphatic heterocycles. The second-order valence-corrected chi connectivity index (χ2v) is 5.08. The Morgan fingerprint density at radius 2 is 1.57 bits per heavy atom. The van der Waals surface area contributed by atoms with E-state index >= 15 is 0 Å². The topological polar surface area (TPSA) is 39.1 Å². The molecule has 0 fully saturated rings. The third kappa shape index (κ3) is 2.27. The molecule has 3 heteroatoms. The molecule has 0 bridgehead atoms. The third-order valence-electron chi connectivity index (χ3n) is 3.61. The van der Waals surface area contributed by atoms with Crippen LogP contribution in [0.25, 0.3) is 22.2 Å². The van der Waals surface area contributed by atoms with E-state index in [0.29, 0.717) is 5.56 Å².